The number of nitrogens with zero attached hydrogens (tertiary/aromatic N) is 3. The number of nitro benzene ring substituents is 2. The molecule has 0 aliphatic carbocycles. The van der Waals surface area contributed by atoms with Crippen LogP contribution in [0.25, 0.3) is 11.1 Å². The van der Waals surface area contributed by atoms with Crippen LogP contribution in [0.3, 0.4) is 0 Å². The van der Waals surface area contributed by atoms with Crippen LogP contribution in [0.4, 0.5) is 16.4 Å². The van der Waals surface area contributed by atoms with Crippen molar-refractivity contribution >= 4 is 51.4 Å². The minimum absolute atomic E-state index is 0.00190. The molecule has 2 heterocycles. The second kappa shape index (κ2) is 10.6. The quantitative estimate of drug-likeness (QED) is 0.182. The number of benzene rings is 2. The average Bonchev–Trinajstić information content (AvgIpc) is 3.41. The first kappa shape index (κ1) is 26.1. The van der Waals surface area contributed by atoms with Crippen LogP contribution < -0.4 is 5.32 Å². The molecular weight excluding hydrogens is 520 g/mol. The van der Waals surface area contributed by atoms with Crippen LogP contribution in [0, 0.1) is 20.2 Å². The largest absolute Gasteiger partial charge is 0.462 e. The Labute approximate surface area is 217 Å². The number of hydrogen-bond donors (Lipinski definition) is 1. The molecule has 1 N–H and O–H groups in total. The lowest BCUT2D eigenvalue weighted by molar-refractivity contribution is -0.385. The summed E-state index contributed by atoms with van der Waals surface area (Å²) in [6, 6.07) is 9.34. The molecule has 0 atom stereocenters. The van der Waals surface area contributed by atoms with Gasteiger partial charge >= 0.3 is 5.97 Å². The Bertz CT molecular complexity index is 1510. The number of nitrogens with one attached hydrogen (secondary N) is 1. The molecule has 3 aromatic rings. The average molecular weight is 538 g/mol. The predicted octanol–water partition coefficient (Wildman–Crippen LogP) is 4.03. The maximum atomic E-state index is 12.7. The standard InChI is InChI=1S/C24H18N4O9S/c1-2-37-24(32)20-16(13-5-3-6-14(11-13)27(33)34)12-38-21(20)25-18(29)9-10-26-22(30)15-7-4-8-17(28(35)36)19(15)23(26)31/h3-8,11-12H,2,9-10H2,1H3,(H,25,29). The number of nitro groups is 2. The molecule has 2 aromatic carbocycles. The van der Waals surface area contributed by atoms with E-state index in [-0.39, 0.29) is 47.0 Å². The summed E-state index contributed by atoms with van der Waals surface area (Å²) in [5, 5.41) is 26.7. The first-order valence-corrected chi connectivity index (χ1v) is 12.0. The maximum absolute atomic E-state index is 12.7. The molecule has 0 radical (unpaired) electrons. The first-order chi connectivity index (χ1) is 18.1. The summed E-state index contributed by atoms with van der Waals surface area (Å²) >= 11 is 0.997. The molecule has 1 aliphatic rings. The van der Waals surface area contributed by atoms with Crippen molar-refractivity contribution in [3.8, 4) is 11.1 Å². The van der Waals surface area contributed by atoms with E-state index in [2.05, 4.69) is 5.32 Å². The van der Waals surface area contributed by atoms with E-state index in [1.165, 1.54) is 30.3 Å². The Morgan fingerprint density at radius 1 is 1.03 bits per heavy atom. The fraction of sp³-hybridized carbons (Fsp3) is 0.167. The molecule has 0 saturated carbocycles. The number of imide groups is 1. The number of non-ortho nitro benzene ring substituents is 1. The van der Waals surface area contributed by atoms with Gasteiger partial charge in [0, 0.05) is 42.1 Å². The Balaban J connectivity index is 1.54. The molecule has 0 spiro atoms. The van der Waals surface area contributed by atoms with Crippen LogP contribution >= 0.6 is 11.3 Å². The van der Waals surface area contributed by atoms with E-state index in [0.717, 1.165) is 22.3 Å². The monoisotopic (exact) mass is 538 g/mol. The van der Waals surface area contributed by atoms with Gasteiger partial charge in [-0.3, -0.25) is 39.5 Å². The van der Waals surface area contributed by atoms with Gasteiger partial charge in [0.1, 0.15) is 16.1 Å². The van der Waals surface area contributed by atoms with Crippen molar-refractivity contribution in [2.45, 2.75) is 13.3 Å². The SMILES string of the molecule is CCOC(=O)c1c(-c2cccc([N+](=O)[O-])c2)csc1NC(=O)CCN1C(=O)c2cccc([N+](=O)[O-])c2C1=O. The predicted molar refractivity (Wildman–Crippen MR) is 134 cm³/mol. The summed E-state index contributed by atoms with van der Waals surface area (Å²) in [6.45, 7) is 1.29. The van der Waals surface area contributed by atoms with Crippen LogP contribution in [0.15, 0.2) is 47.8 Å². The third-order valence-corrected chi connectivity index (χ3v) is 6.52. The number of esters is 1. The first-order valence-electron chi connectivity index (χ1n) is 11.1. The number of ether oxygens (including phenoxy) is 1. The lowest BCUT2D eigenvalue weighted by atomic mass is 10.0. The number of thiophene rings is 1. The molecule has 0 fully saturated rings. The normalized spacial score (nSPS) is 12.3. The van der Waals surface area contributed by atoms with Crippen LogP contribution in [0.5, 0.6) is 0 Å². The van der Waals surface area contributed by atoms with Crippen LogP contribution in [0.2, 0.25) is 0 Å². The van der Waals surface area contributed by atoms with E-state index in [1.807, 2.05) is 0 Å². The van der Waals surface area contributed by atoms with E-state index in [9.17, 15) is 39.4 Å². The van der Waals surface area contributed by atoms with Crippen molar-refractivity contribution in [3.05, 3.63) is 84.8 Å². The van der Waals surface area contributed by atoms with Gasteiger partial charge in [0.15, 0.2) is 0 Å². The molecule has 0 saturated heterocycles. The maximum Gasteiger partial charge on any atom is 0.341 e. The van der Waals surface area contributed by atoms with Gasteiger partial charge in [-0.05, 0) is 18.6 Å². The Morgan fingerprint density at radius 3 is 2.45 bits per heavy atom. The zero-order chi connectivity index (χ0) is 27.6. The topological polar surface area (TPSA) is 179 Å². The molecule has 4 rings (SSSR count). The Morgan fingerprint density at radius 2 is 1.76 bits per heavy atom. The number of anilines is 1. The summed E-state index contributed by atoms with van der Waals surface area (Å²) in [6.07, 6.45) is -0.356. The number of carbonyl (C=O) groups is 4. The van der Waals surface area contributed by atoms with Crippen molar-refractivity contribution in [2.24, 2.45) is 0 Å². The summed E-state index contributed by atoms with van der Waals surface area (Å²) < 4.78 is 5.11. The van der Waals surface area contributed by atoms with E-state index in [1.54, 1.807) is 18.4 Å². The van der Waals surface area contributed by atoms with E-state index in [0.29, 0.717) is 11.1 Å². The molecule has 0 unspecified atom stereocenters. The second-order valence-electron chi connectivity index (χ2n) is 7.90. The summed E-state index contributed by atoms with van der Waals surface area (Å²) in [5.41, 5.74) is -0.440. The minimum atomic E-state index is -0.874. The van der Waals surface area contributed by atoms with Gasteiger partial charge in [0.25, 0.3) is 23.2 Å². The molecule has 13 nitrogen and oxygen atoms in total. The van der Waals surface area contributed by atoms with Crippen LogP contribution in [-0.2, 0) is 9.53 Å². The zero-order valence-corrected chi connectivity index (χ0v) is 20.5. The molecule has 1 aromatic heterocycles. The smallest absolute Gasteiger partial charge is 0.341 e. The third-order valence-electron chi connectivity index (χ3n) is 5.63. The number of amides is 3. The van der Waals surface area contributed by atoms with Crippen LogP contribution in [-0.4, -0.2) is 51.6 Å². The fourth-order valence-corrected chi connectivity index (χ4v) is 4.90. The zero-order valence-electron chi connectivity index (χ0n) is 19.7. The molecular formula is C24H18N4O9S. The number of hydrogen-bond acceptors (Lipinski definition) is 10. The van der Waals surface area contributed by atoms with Gasteiger partial charge < -0.3 is 10.1 Å². The Kier molecular flexibility index (Phi) is 7.25. The minimum Gasteiger partial charge on any atom is -0.462 e. The summed E-state index contributed by atoms with van der Waals surface area (Å²) in [4.78, 5) is 72.7. The highest BCUT2D eigenvalue weighted by Crippen LogP contribution is 2.37. The highest BCUT2D eigenvalue weighted by atomic mass is 32.1. The van der Waals surface area contributed by atoms with Gasteiger partial charge in [0.2, 0.25) is 5.91 Å². The van der Waals surface area contributed by atoms with Crippen molar-refractivity contribution in [1.29, 1.82) is 0 Å². The van der Waals surface area contributed by atoms with E-state index >= 15 is 0 Å². The molecule has 14 heteroatoms. The molecule has 194 valence electrons. The van der Waals surface area contributed by atoms with Crippen molar-refractivity contribution in [1.82, 2.24) is 4.90 Å². The number of fused-ring (bicyclic) bond motifs is 1. The summed E-state index contributed by atoms with van der Waals surface area (Å²) in [5.74, 6) is -3.02. The van der Waals surface area contributed by atoms with Gasteiger partial charge in [-0.25, -0.2) is 4.79 Å². The number of rotatable bonds is 9. The second-order valence-corrected chi connectivity index (χ2v) is 8.78. The number of carbonyl (C=O) groups excluding carboxylic acids is 4. The fourth-order valence-electron chi connectivity index (χ4n) is 3.93. The van der Waals surface area contributed by atoms with Gasteiger partial charge in [0.05, 0.1) is 22.0 Å². The van der Waals surface area contributed by atoms with Crippen LogP contribution in [0.1, 0.15) is 44.4 Å². The molecule has 3 amide bonds. The highest BCUT2D eigenvalue weighted by Gasteiger charge is 2.40. The van der Waals surface area contributed by atoms with E-state index in [4.69, 9.17) is 4.74 Å². The van der Waals surface area contributed by atoms with E-state index < -0.39 is 39.2 Å². The molecule has 38 heavy (non-hydrogen) atoms. The van der Waals surface area contributed by atoms with Gasteiger partial charge in [-0.2, -0.15) is 0 Å². The molecule has 1 aliphatic heterocycles. The highest BCUT2D eigenvalue weighted by molar-refractivity contribution is 7.15. The van der Waals surface area contributed by atoms with Crippen molar-refractivity contribution < 1.29 is 33.8 Å². The van der Waals surface area contributed by atoms with Crippen molar-refractivity contribution in [3.63, 3.8) is 0 Å². The molecule has 0 bridgehead atoms. The summed E-state index contributed by atoms with van der Waals surface area (Å²) in [7, 11) is 0. The third kappa shape index (κ3) is 4.84. The van der Waals surface area contributed by atoms with Gasteiger partial charge in [-0.1, -0.05) is 18.2 Å². The lowest BCUT2D eigenvalue weighted by Gasteiger charge is -2.13. The van der Waals surface area contributed by atoms with Crippen molar-refractivity contribution in [2.75, 3.05) is 18.5 Å². The lowest BCUT2D eigenvalue weighted by Crippen LogP contribution is -2.33. The van der Waals surface area contributed by atoms with Gasteiger partial charge in [-0.15, -0.1) is 11.3 Å². The Hall–Kier alpha value is -4.98.